The Kier molecular flexibility index (Phi) is 4.86. The summed E-state index contributed by atoms with van der Waals surface area (Å²) in [7, 11) is 1.56. The molecule has 0 saturated carbocycles. The van der Waals surface area contributed by atoms with Gasteiger partial charge in [0.15, 0.2) is 16.3 Å². The molecule has 0 amide bonds. The molecular weight excluding hydrogens is 352 g/mol. The Labute approximate surface area is 154 Å². The zero-order valence-corrected chi connectivity index (χ0v) is 15.9. The van der Waals surface area contributed by atoms with E-state index in [4.69, 9.17) is 0 Å². The van der Waals surface area contributed by atoms with Crippen LogP contribution in [0.1, 0.15) is 25.0 Å². The highest BCUT2D eigenvalue weighted by atomic mass is 32.2. The van der Waals surface area contributed by atoms with Gasteiger partial charge in [0, 0.05) is 7.05 Å². The number of hydrogen-bond acceptors (Lipinski definition) is 5. The molecule has 3 rings (SSSR count). The largest absolute Gasteiger partial charge is 0.329 e. The van der Waals surface area contributed by atoms with Gasteiger partial charge in [-0.3, -0.25) is 19.1 Å². The Bertz CT molecular complexity index is 1110. The summed E-state index contributed by atoms with van der Waals surface area (Å²) in [5.74, 6) is 0.0203. The number of ketones is 1. The van der Waals surface area contributed by atoms with Crippen LogP contribution in [0.15, 0.2) is 39.0 Å². The molecule has 7 nitrogen and oxygen atoms in total. The minimum Gasteiger partial charge on any atom is -0.309 e. The molecule has 1 atom stereocenters. The standard InChI is InChI=1S/C18H20N4O3S/c1-10-6-5-7-13(8-10)9-22-14-15(21(4)17(25)20-16(14)24)19-18(22)26-12(3)11(2)23/h5-8,12H,9H2,1-4H3,(H,20,24,25)/t12-/m0/s1. The van der Waals surface area contributed by atoms with E-state index in [2.05, 4.69) is 9.97 Å². The Hall–Kier alpha value is -2.61. The summed E-state index contributed by atoms with van der Waals surface area (Å²) in [6.07, 6.45) is 0. The van der Waals surface area contributed by atoms with Crippen LogP contribution < -0.4 is 11.2 Å². The molecule has 26 heavy (non-hydrogen) atoms. The van der Waals surface area contributed by atoms with Crippen molar-refractivity contribution in [1.29, 1.82) is 0 Å². The molecule has 1 aromatic carbocycles. The van der Waals surface area contributed by atoms with E-state index in [0.717, 1.165) is 11.1 Å². The maximum absolute atomic E-state index is 12.5. The molecule has 8 heteroatoms. The van der Waals surface area contributed by atoms with Gasteiger partial charge in [-0.05, 0) is 26.3 Å². The zero-order valence-electron chi connectivity index (χ0n) is 15.1. The monoisotopic (exact) mass is 372 g/mol. The van der Waals surface area contributed by atoms with Gasteiger partial charge in [0.2, 0.25) is 0 Å². The van der Waals surface area contributed by atoms with Crippen molar-refractivity contribution < 1.29 is 4.79 Å². The maximum atomic E-state index is 12.5. The number of carbonyl (C=O) groups is 1. The lowest BCUT2D eigenvalue weighted by Crippen LogP contribution is -2.29. The van der Waals surface area contributed by atoms with Gasteiger partial charge in [-0.2, -0.15) is 0 Å². The zero-order chi connectivity index (χ0) is 19.0. The van der Waals surface area contributed by atoms with Crippen molar-refractivity contribution in [2.24, 2.45) is 7.05 Å². The molecule has 2 aromatic heterocycles. The van der Waals surface area contributed by atoms with E-state index >= 15 is 0 Å². The third kappa shape index (κ3) is 3.37. The number of carbonyl (C=O) groups excluding carboxylic acids is 1. The molecule has 0 radical (unpaired) electrons. The molecule has 0 unspecified atom stereocenters. The molecule has 0 aliphatic heterocycles. The minimum atomic E-state index is -0.515. The number of nitrogens with one attached hydrogen (secondary N) is 1. The number of aromatic nitrogens is 4. The number of aromatic amines is 1. The van der Waals surface area contributed by atoms with Crippen molar-refractivity contribution in [3.05, 3.63) is 56.2 Å². The van der Waals surface area contributed by atoms with Crippen molar-refractivity contribution in [3.8, 4) is 0 Å². The second-order valence-electron chi connectivity index (χ2n) is 6.33. The van der Waals surface area contributed by atoms with E-state index in [1.807, 2.05) is 31.2 Å². The van der Waals surface area contributed by atoms with Crippen LogP contribution in [0.25, 0.3) is 11.2 Å². The second kappa shape index (κ2) is 6.95. The fraction of sp³-hybridized carbons (Fsp3) is 0.333. The lowest BCUT2D eigenvalue weighted by Gasteiger charge is -2.11. The van der Waals surface area contributed by atoms with Crippen LogP contribution in [0, 0.1) is 6.92 Å². The number of benzene rings is 1. The van der Waals surface area contributed by atoms with Gasteiger partial charge < -0.3 is 4.57 Å². The lowest BCUT2D eigenvalue weighted by molar-refractivity contribution is -0.116. The Morgan fingerprint density at radius 3 is 2.73 bits per heavy atom. The Balaban J connectivity index is 2.22. The minimum absolute atomic E-state index is 0.0203. The van der Waals surface area contributed by atoms with E-state index in [0.29, 0.717) is 22.9 Å². The van der Waals surface area contributed by atoms with Gasteiger partial charge in [0.1, 0.15) is 5.78 Å². The molecule has 2 heterocycles. The van der Waals surface area contributed by atoms with E-state index < -0.39 is 11.2 Å². The summed E-state index contributed by atoms with van der Waals surface area (Å²) >= 11 is 1.28. The van der Waals surface area contributed by atoms with Crippen molar-refractivity contribution >= 4 is 28.7 Å². The number of aryl methyl sites for hydroxylation is 2. The highest BCUT2D eigenvalue weighted by Gasteiger charge is 2.21. The highest BCUT2D eigenvalue weighted by Crippen LogP contribution is 2.26. The van der Waals surface area contributed by atoms with Crippen molar-refractivity contribution in [2.75, 3.05) is 0 Å². The van der Waals surface area contributed by atoms with Crippen LogP contribution in [-0.2, 0) is 18.4 Å². The van der Waals surface area contributed by atoms with Crippen LogP contribution in [0.5, 0.6) is 0 Å². The van der Waals surface area contributed by atoms with Gasteiger partial charge in [-0.15, -0.1) is 0 Å². The fourth-order valence-electron chi connectivity index (χ4n) is 2.69. The Morgan fingerprint density at radius 1 is 1.35 bits per heavy atom. The first-order valence-electron chi connectivity index (χ1n) is 8.20. The molecule has 136 valence electrons. The third-order valence-electron chi connectivity index (χ3n) is 4.25. The molecule has 1 N–H and O–H groups in total. The van der Waals surface area contributed by atoms with Gasteiger partial charge in [-0.25, -0.2) is 9.78 Å². The predicted octanol–water partition coefficient (Wildman–Crippen LogP) is 1.85. The molecule has 0 aliphatic carbocycles. The predicted molar refractivity (Wildman–Crippen MR) is 102 cm³/mol. The smallest absolute Gasteiger partial charge is 0.309 e. The summed E-state index contributed by atoms with van der Waals surface area (Å²) in [6.45, 7) is 5.74. The van der Waals surface area contributed by atoms with E-state index in [1.54, 1.807) is 18.5 Å². The van der Waals surface area contributed by atoms with E-state index in [9.17, 15) is 14.4 Å². The fourth-order valence-corrected chi connectivity index (χ4v) is 3.59. The molecule has 0 fully saturated rings. The van der Waals surface area contributed by atoms with Gasteiger partial charge in [-0.1, -0.05) is 41.6 Å². The molecule has 0 saturated heterocycles. The first kappa shape index (κ1) is 18.2. The second-order valence-corrected chi connectivity index (χ2v) is 7.64. The summed E-state index contributed by atoms with van der Waals surface area (Å²) in [4.78, 5) is 42.9. The van der Waals surface area contributed by atoms with Crippen molar-refractivity contribution in [3.63, 3.8) is 0 Å². The summed E-state index contributed by atoms with van der Waals surface area (Å²) in [5.41, 5.74) is 1.76. The van der Waals surface area contributed by atoms with Crippen LogP contribution in [0.2, 0.25) is 0 Å². The maximum Gasteiger partial charge on any atom is 0.329 e. The van der Waals surface area contributed by atoms with Gasteiger partial charge in [0.05, 0.1) is 11.8 Å². The molecular formula is C18H20N4O3S. The number of nitrogens with zero attached hydrogens (tertiary/aromatic N) is 3. The van der Waals surface area contributed by atoms with Crippen molar-refractivity contribution in [1.82, 2.24) is 19.1 Å². The first-order valence-corrected chi connectivity index (χ1v) is 9.08. The first-order chi connectivity index (χ1) is 12.3. The number of imidazole rings is 1. The molecule has 0 spiro atoms. The molecule has 3 aromatic rings. The molecule has 0 aliphatic rings. The summed E-state index contributed by atoms with van der Waals surface area (Å²) in [6, 6.07) is 7.96. The average molecular weight is 372 g/mol. The number of rotatable bonds is 5. The summed E-state index contributed by atoms with van der Waals surface area (Å²) < 4.78 is 3.08. The van der Waals surface area contributed by atoms with Crippen molar-refractivity contribution in [2.45, 2.75) is 37.7 Å². The normalized spacial score (nSPS) is 12.5. The number of hydrogen-bond donors (Lipinski definition) is 1. The number of fused-ring (bicyclic) bond motifs is 1. The topological polar surface area (TPSA) is 89.8 Å². The quantitative estimate of drug-likeness (QED) is 0.691. The van der Waals surface area contributed by atoms with E-state index in [-0.39, 0.29) is 11.0 Å². The molecule has 0 bridgehead atoms. The van der Waals surface area contributed by atoms with Gasteiger partial charge >= 0.3 is 5.69 Å². The number of Topliss-reactive ketones (excluding diaryl/α,β-unsaturated/α-hetero) is 1. The van der Waals surface area contributed by atoms with Crippen LogP contribution in [0.3, 0.4) is 0 Å². The van der Waals surface area contributed by atoms with E-state index in [1.165, 1.54) is 23.3 Å². The number of thioether (sulfide) groups is 1. The SMILES string of the molecule is CC(=O)[C@H](C)Sc1nc2c(c(=O)[nH]c(=O)n2C)n1Cc1cccc(C)c1. The van der Waals surface area contributed by atoms with Crippen LogP contribution >= 0.6 is 11.8 Å². The van der Waals surface area contributed by atoms with Crippen LogP contribution in [-0.4, -0.2) is 30.1 Å². The average Bonchev–Trinajstić information content (AvgIpc) is 2.91. The number of H-pyrrole nitrogens is 1. The van der Waals surface area contributed by atoms with Crippen LogP contribution in [0.4, 0.5) is 0 Å². The summed E-state index contributed by atoms with van der Waals surface area (Å²) in [5, 5.41) is 0.232. The third-order valence-corrected chi connectivity index (χ3v) is 5.46. The lowest BCUT2D eigenvalue weighted by atomic mass is 10.1. The highest BCUT2D eigenvalue weighted by molar-refractivity contribution is 8.00. The van der Waals surface area contributed by atoms with Gasteiger partial charge in [0.25, 0.3) is 5.56 Å². The Morgan fingerprint density at radius 2 is 2.08 bits per heavy atom.